The van der Waals surface area contributed by atoms with Gasteiger partial charge >= 0.3 is 0 Å². The number of amides is 1. The molecule has 3 N–H and O–H groups in total. The van der Waals surface area contributed by atoms with Gasteiger partial charge < -0.3 is 10.1 Å². The molecule has 9 nitrogen and oxygen atoms in total. The molecule has 0 unspecified atom stereocenters. The third kappa shape index (κ3) is 6.44. The van der Waals surface area contributed by atoms with Gasteiger partial charge in [-0.25, -0.2) is 21.6 Å². The number of methoxy groups -OCH3 is 1. The van der Waals surface area contributed by atoms with Gasteiger partial charge in [0.25, 0.3) is 5.91 Å². The van der Waals surface area contributed by atoms with Crippen molar-refractivity contribution in [3.05, 3.63) is 53.6 Å². The van der Waals surface area contributed by atoms with Crippen molar-refractivity contribution in [2.45, 2.75) is 31.3 Å². The molecule has 0 atom stereocenters. The second kappa shape index (κ2) is 9.45. The third-order valence-electron chi connectivity index (χ3n) is 3.86. The van der Waals surface area contributed by atoms with E-state index in [1.54, 1.807) is 38.1 Å². The zero-order valence-corrected chi connectivity index (χ0v) is 18.7. The average molecular weight is 456 g/mol. The van der Waals surface area contributed by atoms with Crippen LogP contribution in [-0.2, 0) is 26.6 Å². The van der Waals surface area contributed by atoms with Crippen molar-refractivity contribution in [1.29, 1.82) is 0 Å². The van der Waals surface area contributed by atoms with E-state index in [2.05, 4.69) is 14.8 Å². The quantitative estimate of drug-likeness (QED) is 0.527. The summed E-state index contributed by atoms with van der Waals surface area (Å²) in [4.78, 5) is 12.5. The Labute approximate surface area is 176 Å². The molecule has 0 aromatic heterocycles. The first-order valence-electron chi connectivity index (χ1n) is 8.97. The number of para-hydroxylation sites is 1. The zero-order valence-electron chi connectivity index (χ0n) is 17.1. The molecule has 0 aliphatic heterocycles. The Bertz CT molecular complexity index is 1130. The molecule has 1 amide bonds. The minimum absolute atomic E-state index is 0.0376. The summed E-state index contributed by atoms with van der Waals surface area (Å²) in [6.45, 7) is 3.40. The lowest BCUT2D eigenvalue weighted by atomic mass is 10.1. The van der Waals surface area contributed by atoms with Gasteiger partial charge in [-0.2, -0.15) is 0 Å². The van der Waals surface area contributed by atoms with Gasteiger partial charge in [0.05, 0.1) is 19.1 Å². The van der Waals surface area contributed by atoms with Crippen molar-refractivity contribution in [2.75, 3.05) is 18.1 Å². The van der Waals surface area contributed by atoms with Crippen LogP contribution in [0.1, 0.15) is 29.8 Å². The highest BCUT2D eigenvalue weighted by molar-refractivity contribution is 7.92. The summed E-state index contributed by atoms with van der Waals surface area (Å²) in [6.07, 6.45) is 1.03. The summed E-state index contributed by atoms with van der Waals surface area (Å²) in [5.74, 6) is -0.407. The van der Waals surface area contributed by atoms with E-state index in [1.165, 1.54) is 25.3 Å². The normalized spacial score (nSPS) is 11.9. The Hall–Kier alpha value is -2.63. The number of carbonyl (C=O) groups is 1. The maximum atomic E-state index is 12.6. The van der Waals surface area contributed by atoms with Gasteiger partial charge in [-0.15, -0.1) is 0 Å². The second-order valence-corrected chi connectivity index (χ2v) is 10.3. The molecule has 0 radical (unpaired) electrons. The standard InChI is InChI=1S/C19H25N3O6S2/c1-13(2)21-30(26,27)18-11-14(9-10-17(18)28-3)19(23)20-12-15-7-5-6-8-16(15)22-29(4,24)25/h5-11,13,21-22H,12H2,1-4H3,(H,20,23). The Morgan fingerprint density at radius 2 is 1.73 bits per heavy atom. The Morgan fingerprint density at radius 1 is 1.07 bits per heavy atom. The Morgan fingerprint density at radius 3 is 2.33 bits per heavy atom. The van der Waals surface area contributed by atoms with Crippen molar-refractivity contribution in [3.8, 4) is 5.75 Å². The van der Waals surface area contributed by atoms with Crippen LogP contribution in [0.25, 0.3) is 0 Å². The predicted molar refractivity (Wildman–Crippen MR) is 115 cm³/mol. The van der Waals surface area contributed by atoms with Crippen LogP contribution < -0.4 is 19.5 Å². The van der Waals surface area contributed by atoms with Gasteiger partial charge in [-0.3, -0.25) is 9.52 Å². The topological polar surface area (TPSA) is 131 Å². The van der Waals surface area contributed by atoms with Crippen LogP contribution in [0.4, 0.5) is 5.69 Å². The van der Waals surface area contributed by atoms with Crippen LogP contribution in [0.15, 0.2) is 47.4 Å². The molecule has 0 spiro atoms. The summed E-state index contributed by atoms with van der Waals surface area (Å²) >= 11 is 0. The van der Waals surface area contributed by atoms with Gasteiger partial charge in [-0.1, -0.05) is 18.2 Å². The molecule has 0 heterocycles. The highest BCUT2D eigenvalue weighted by Crippen LogP contribution is 2.25. The number of sulfonamides is 2. The van der Waals surface area contributed by atoms with Crippen molar-refractivity contribution < 1.29 is 26.4 Å². The second-order valence-electron chi connectivity index (χ2n) is 6.86. The van der Waals surface area contributed by atoms with E-state index in [9.17, 15) is 21.6 Å². The Balaban J connectivity index is 2.26. The first-order chi connectivity index (χ1) is 13.9. The minimum atomic E-state index is -3.88. The molecule has 0 saturated carbocycles. The highest BCUT2D eigenvalue weighted by atomic mass is 32.2. The van der Waals surface area contributed by atoms with Crippen LogP contribution in [-0.4, -0.2) is 42.2 Å². The van der Waals surface area contributed by atoms with Gasteiger partial charge in [0, 0.05) is 18.2 Å². The number of rotatable bonds is 9. The number of nitrogens with one attached hydrogen (secondary N) is 3. The maximum Gasteiger partial charge on any atom is 0.251 e. The predicted octanol–water partition coefficient (Wildman–Crippen LogP) is 1.68. The summed E-state index contributed by atoms with van der Waals surface area (Å²) in [5.41, 5.74) is 1.02. The number of benzene rings is 2. The lowest BCUT2D eigenvalue weighted by Crippen LogP contribution is -2.31. The summed E-state index contributed by atoms with van der Waals surface area (Å²) in [6, 6.07) is 10.4. The number of hydrogen-bond acceptors (Lipinski definition) is 6. The van der Waals surface area contributed by atoms with E-state index < -0.39 is 26.0 Å². The van der Waals surface area contributed by atoms with Gasteiger partial charge in [-0.05, 0) is 43.7 Å². The Kier molecular flexibility index (Phi) is 7.45. The van der Waals surface area contributed by atoms with Crippen molar-refractivity contribution >= 4 is 31.6 Å². The molecule has 2 aromatic carbocycles. The lowest BCUT2D eigenvalue weighted by Gasteiger charge is -2.15. The maximum absolute atomic E-state index is 12.6. The highest BCUT2D eigenvalue weighted by Gasteiger charge is 2.22. The number of carbonyl (C=O) groups excluding carboxylic acids is 1. The van der Waals surface area contributed by atoms with Gasteiger partial charge in [0.15, 0.2) is 0 Å². The van der Waals surface area contributed by atoms with Crippen LogP contribution in [0, 0.1) is 0 Å². The molecular formula is C19H25N3O6S2. The minimum Gasteiger partial charge on any atom is -0.495 e. The molecule has 2 aromatic rings. The summed E-state index contributed by atoms with van der Waals surface area (Å²) in [5, 5.41) is 2.67. The van der Waals surface area contributed by atoms with E-state index in [4.69, 9.17) is 4.74 Å². The molecule has 0 fully saturated rings. The number of anilines is 1. The molecule has 0 bridgehead atoms. The fourth-order valence-electron chi connectivity index (χ4n) is 2.65. The van der Waals surface area contributed by atoms with Gasteiger partial charge in [0.1, 0.15) is 10.6 Å². The molecule has 0 saturated heterocycles. The SMILES string of the molecule is COc1ccc(C(=O)NCc2ccccc2NS(C)(=O)=O)cc1S(=O)(=O)NC(C)C. The first-order valence-corrected chi connectivity index (χ1v) is 12.3. The van der Waals surface area contributed by atoms with Gasteiger partial charge in [0.2, 0.25) is 20.0 Å². The smallest absolute Gasteiger partial charge is 0.251 e. The fraction of sp³-hybridized carbons (Fsp3) is 0.316. The summed E-state index contributed by atoms with van der Waals surface area (Å²) < 4.78 is 58.1. The van der Waals surface area contributed by atoms with Crippen LogP contribution in [0.3, 0.4) is 0 Å². The van der Waals surface area contributed by atoms with E-state index in [-0.39, 0.29) is 28.8 Å². The van der Waals surface area contributed by atoms with Crippen LogP contribution in [0.2, 0.25) is 0 Å². The third-order valence-corrected chi connectivity index (χ3v) is 6.13. The van der Waals surface area contributed by atoms with Crippen molar-refractivity contribution in [2.24, 2.45) is 0 Å². The number of hydrogen-bond donors (Lipinski definition) is 3. The molecule has 2 rings (SSSR count). The fourth-order valence-corrected chi connectivity index (χ4v) is 4.70. The van der Waals surface area contributed by atoms with E-state index >= 15 is 0 Å². The average Bonchev–Trinajstić information content (AvgIpc) is 2.64. The first kappa shape index (κ1) is 23.6. The van der Waals surface area contributed by atoms with E-state index in [0.29, 0.717) is 11.3 Å². The zero-order chi connectivity index (χ0) is 22.5. The van der Waals surface area contributed by atoms with Crippen LogP contribution in [0.5, 0.6) is 5.75 Å². The summed E-state index contributed by atoms with van der Waals surface area (Å²) in [7, 11) is -6.02. The molecule has 164 valence electrons. The van der Waals surface area contributed by atoms with Crippen molar-refractivity contribution in [3.63, 3.8) is 0 Å². The molecule has 0 aliphatic rings. The molecule has 30 heavy (non-hydrogen) atoms. The van der Waals surface area contributed by atoms with Crippen molar-refractivity contribution in [1.82, 2.24) is 10.0 Å². The lowest BCUT2D eigenvalue weighted by molar-refractivity contribution is 0.0950. The van der Waals surface area contributed by atoms with E-state index in [0.717, 1.165) is 6.26 Å². The van der Waals surface area contributed by atoms with Crippen LogP contribution >= 0.6 is 0 Å². The molecular weight excluding hydrogens is 430 g/mol. The molecule has 11 heteroatoms. The number of ether oxygens (including phenoxy) is 1. The largest absolute Gasteiger partial charge is 0.495 e. The molecule has 0 aliphatic carbocycles. The van der Waals surface area contributed by atoms with E-state index in [1.807, 2.05) is 0 Å². The monoisotopic (exact) mass is 455 g/mol.